The van der Waals surface area contributed by atoms with Crippen molar-refractivity contribution in [2.45, 2.75) is 44.9 Å². The molecule has 3 aromatic carbocycles. The van der Waals surface area contributed by atoms with Crippen molar-refractivity contribution in [3.8, 4) is 28.3 Å². The Morgan fingerprint density at radius 3 is 2.46 bits per heavy atom. The number of benzene rings is 3. The second-order valence-electron chi connectivity index (χ2n) is 10.2. The summed E-state index contributed by atoms with van der Waals surface area (Å²) in [5, 5.41) is 3.88. The zero-order valence-corrected chi connectivity index (χ0v) is 24.4. The van der Waals surface area contributed by atoms with E-state index in [9.17, 15) is 8.42 Å². The van der Waals surface area contributed by atoms with Crippen LogP contribution in [0.2, 0.25) is 0 Å². The van der Waals surface area contributed by atoms with Crippen molar-refractivity contribution in [2.24, 2.45) is 5.92 Å². The normalized spacial score (nSPS) is 12.3. The topological polar surface area (TPSA) is 107 Å². The second kappa shape index (κ2) is 12.0. The van der Waals surface area contributed by atoms with E-state index in [1.165, 1.54) is 5.56 Å². The summed E-state index contributed by atoms with van der Waals surface area (Å²) in [6.45, 7) is 5.76. The van der Waals surface area contributed by atoms with E-state index in [0.29, 0.717) is 28.6 Å². The van der Waals surface area contributed by atoms with E-state index in [1.807, 2.05) is 42.5 Å². The van der Waals surface area contributed by atoms with Crippen LogP contribution in [-0.2, 0) is 22.9 Å². The Kier molecular flexibility index (Phi) is 8.26. The maximum absolute atomic E-state index is 13.6. The lowest BCUT2D eigenvalue weighted by molar-refractivity contribution is 0.414. The predicted octanol–water partition coefficient (Wildman–Crippen LogP) is 7.23. The van der Waals surface area contributed by atoms with Crippen LogP contribution in [0.25, 0.3) is 22.6 Å². The smallest absolute Gasteiger partial charge is 0.264 e. The fourth-order valence-electron chi connectivity index (χ4n) is 4.84. The van der Waals surface area contributed by atoms with E-state index in [1.54, 1.807) is 45.6 Å². The number of aryl methyl sites for hydroxylation is 2. The maximum Gasteiger partial charge on any atom is 0.264 e. The minimum atomic E-state index is -3.97. The largest absolute Gasteiger partial charge is 0.497 e. The molecule has 1 N–H and O–H groups in total. The van der Waals surface area contributed by atoms with Gasteiger partial charge in [-0.15, -0.1) is 0 Å². The third-order valence-electron chi connectivity index (χ3n) is 7.29. The van der Waals surface area contributed by atoms with Gasteiger partial charge < -0.3 is 13.7 Å². The van der Waals surface area contributed by atoms with Crippen LogP contribution in [-0.4, -0.2) is 25.7 Å². The molecule has 8 nitrogen and oxygen atoms in total. The summed E-state index contributed by atoms with van der Waals surface area (Å²) in [6.07, 6.45) is 5.71. The molecule has 0 aliphatic rings. The Morgan fingerprint density at radius 1 is 1.00 bits per heavy atom. The molecule has 0 bridgehead atoms. The maximum atomic E-state index is 13.6. The quantitative estimate of drug-likeness (QED) is 0.178. The number of nitrogens with zero attached hydrogens (tertiary/aromatic N) is 2. The number of sulfonamides is 1. The van der Waals surface area contributed by atoms with Crippen LogP contribution < -0.4 is 9.46 Å². The molecule has 0 aliphatic heterocycles. The van der Waals surface area contributed by atoms with E-state index in [4.69, 9.17) is 13.7 Å². The van der Waals surface area contributed by atoms with Gasteiger partial charge in [0.05, 0.1) is 23.9 Å². The number of ether oxygens (including phenoxy) is 1. The summed E-state index contributed by atoms with van der Waals surface area (Å²) in [6, 6.07) is 21.0. The molecule has 2 aromatic heterocycles. The van der Waals surface area contributed by atoms with Gasteiger partial charge in [-0.3, -0.25) is 0 Å². The van der Waals surface area contributed by atoms with Crippen molar-refractivity contribution in [1.82, 2.24) is 10.1 Å². The first-order chi connectivity index (χ1) is 19.7. The van der Waals surface area contributed by atoms with Crippen molar-refractivity contribution in [2.75, 3.05) is 11.8 Å². The molecule has 0 saturated heterocycles. The lowest BCUT2D eigenvalue weighted by atomic mass is 9.90. The molecule has 5 rings (SSSR count). The first kappa shape index (κ1) is 28.2. The Morgan fingerprint density at radius 2 is 1.78 bits per heavy atom. The third-order valence-corrected chi connectivity index (χ3v) is 8.67. The lowest BCUT2D eigenvalue weighted by Gasteiger charge is -2.17. The highest BCUT2D eigenvalue weighted by molar-refractivity contribution is 7.92. The second-order valence-corrected chi connectivity index (χ2v) is 11.9. The van der Waals surface area contributed by atoms with Gasteiger partial charge >= 0.3 is 0 Å². The highest BCUT2D eigenvalue weighted by Gasteiger charge is 2.24. The zero-order chi connectivity index (χ0) is 29.0. The average Bonchev–Trinajstić information content (AvgIpc) is 3.63. The van der Waals surface area contributed by atoms with Crippen LogP contribution in [0.1, 0.15) is 35.7 Å². The highest BCUT2D eigenvalue weighted by Crippen LogP contribution is 2.35. The third kappa shape index (κ3) is 6.36. The molecule has 41 heavy (non-hydrogen) atoms. The van der Waals surface area contributed by atoms with Gasteiger partial charge in [0.15, 0.2) is 0 Å². The number of hydrogen-bond acceptors (Lipinski definition) is 7. The van der Waals surface area contributed by atoms with E-state index in [2.05, 4.69) is 33.9 Å². The Bertz CT molecular complexity index is 1730. The number of rotatable bonds is 11. The predicted molar refractivity (Wildman–Crippen MR) is 158 cm³/mol. The van der Waals surface area contributed by atoms with E-state index >= 15 is 0 Å². The van der Waals surface area contributed by atoms with Gasteiger partial charge in [0.2, 0.25) is 11.8 Å². The summed E-state index contributed by atoms with van der Waals surface area (Å²) < 4.78 is 45.9. The fourth-order valence-corrected chi connectivity index (χ4v) is 6.11. The number of anilines is 1. The monoisotopic (exact) mass is 571 g/mol. The molecule has 212 valence electrons. The first-order valence-corrected chi connectivity index (χ1v) is 14.9. The molecule has 2 heterocycles. The molecular formula is C32H33N3O5S. The number of oxazole rings is 1. The zero-order valence-electron chi connectivity index (χ0n) is 23.5. The SMILES string of the molecule is COc1ccc(CC(C)CCc2cc(-c3ncco3)ccc2-c2ccccc2S(=O)(=O)Nc2onc(C)c2C)cc1. The van der Waals surface area contributed by atoms with E-state index < -0.39 is 10.0 Å². The van der Waals surface area contributed by atoms with Crippen LogP contribution in [0.15, 0.2) is 93.0 Å². The minimum absolute atomic E-state index is 0.115. The Hall–Kier alpha value is -4.37. The molecule has 0 amide bonds. The standard InChI is InChI=1S/C32H33N3O5S/c1-21(19-24-10-14-27(38-4)15-11-24)9-12-25-20-26(32-33-17-18-39-32)13-16-28(25)29-7-5-6-8-30(29)41(36,37)35-31-22(2)23(3)34-40-31/h5-8,10-11,13-18,20-21,35H,9,12,19H2,1-4H3. The van der Waals surface area contributed by atoms with Crippen LogP contribution in [0, 0.1) is 19.8 Å². The molecule has 0 saturated carbocycles. The van der Waals surface area contributed by atoms with Gasteiger partial charge in [0, 0.05) is 16.7 Å². The summed E-state index contributed by atoms with van der Waals surface area (Å²) in [5.74, 6) is 1.86. The van der Waals surface area contributed by atoms with Crippen LogP contribution in [0.4, 0.5) is 5.88 Å². The molecule has 0 spiro atoms. The lowest BCUT2D eigenvalue weighted by Crippen LogP contribution is -2.14. The number of nitrogens with one attached hydrogen (secondary N) is 1. The average molecular weight is 572 g/mol. The van der Waals surface area contributed by atoms with Gasteiger partial charge in [0.1, 0.15) is 12.0 Å². The van der Waals surface area contributed by atoms with Crippen molar-refractivity contribution in [3.63, 3.8) is 0 Å². The van der Waals surface area contributed by atoms with Gasteiger partial charge in [-0.2, -0.15) is 0 Å². The molecule has 1 atom stereocenters. The van der Waals surface area contributed by atoms with Gasteiger partial charge in [-0.1, -0.05) is 48.5 Å². The molecule has 5 aromatic rings. The van der Waals surface area contributed by atoms with Crippen molar-refractivity contribution in [3.05, 3.63) is 102 Å². The van der Waals surface area contributed by atoms with Crippen molar-refractivity contribution >= 4 is 15.9 Å². The van der Waals surface area contributed by atoms with Crippen molar-refractivity contribution in [1.29, 1.82) is 0 Å². The summed E-state index contributed by atoms with van der Waals surface area (Å²) in [7, 11) is -2.31. The summed E-state index contributed by atoms with van der Waals surface area (Å²) >= 11 is 0. The molecule has 0 fully saturated rings. The molecule has 0 radical (unpaired) electrons. The van der Waals surface area contributed by atoms with Crippen LogP contribution in [0.5, 0.6) is 5.75 Å². The van der Waals surface area contributed by atoms with E-state index in [0.717, 1.165) is 41.7 Å². The molecule has 0 aliphatic carbocycles. The number of methoxy groups -OCH3 is 1. The Labute approximate surface area is 240 Å². The van der Waals surface area contributed by atoms with Crippen molar-refractivity contribution < 1.29 is 22.1 Å². The number of aromatic nitrogens is 2. The van der Waals surface area contributed by atoms with Gasteiger partial charge in [0.25, 0.3) is 10.0 Å². The highest BCUT2D eigenvalue weighted by atomic mass is 32.2. The molecule has 9 heteroatoms. The van der Waals surface area contributed by atoms with E-state index in [-0.39, 0.29) is 10.8 Å². The molecule has 1 unspecified atom stereocenters. The summed E-state index contributed by atoms with van der Waals surface area (Å²) in [4.78, 5) is 4.47. The molecular weight excluding hydrogens is 538 g/mol. The minimum Gasteiger partial charge on any atom is -0.497 e. The van der Waals surface area contributed by atoms with Gasteiger partial charge in [-0.05, 0) is 86.1 Å². The Balaban J connectivity index is 1.47. The number of hydrogen-bond donors (Lipinski definition) is 1. The first-order valence-electron chi connectivity index (χ1n) is 13.5. The van der Waals surface area contributed by atoms with Crippen LogP contribution >= 0.6 is 0 Å². The fraction of sp³-hybridized carbons (Fsp3) is 0.250. The van der Waals surface area contributed by atoms with Gasteiger partial charge in [-0.25, -0.2) is 18.1 Å². The summed E-state index contributed by atoms with van der Waals surface area (Å²) in [5.41, 5.74) is 5.80. The van der Waals surface area contributed by atoms with Crippen LogP contribution in [0.3, 0.4) is 0 Å².